The predicted octanol–water partition coefficient (Wildman–Crippen LogP) is 1.75. The standard InChI is InChI=1S/C16H30N6O.HI/c1-4-17-16(19-13(2)12-23-3)18-10-9-15-21-20-14-8-6-5-7-11-22(14)15;/h13H,4-12H2,1-3H3,(H2,17,18,19);1H. The molecule has 1 aromatic heterocycles. The zero-order valence-corrected chi connectivity index (χ0v) is 17.4. The number of aromatic nitrogens is 3. The third kappa shape index (κ3) is 6.54. The zero-order chi connectivity index (χ0) is 16.5. The number of nitrogens with one attached hydrogen (secondary N) is 2. The number of nitrogens with zero attached hydrogens (tertiary/aromatic N) is 4. The molecule has 138 valence electrons. The van der Waals surface area contributed by atoms with Crippen LogP contribution >= 0.6 is 24.0 Å². The lowest BCUT2D eigenvalue weighted by molar-refractivity contribution is 0.179. The molecular formula is C16H31IN6O. The molecule has 1 aliphatic rings. The largest absolute Gasteiger partial charge is 0.383 e. The molecule has 1 unspecified atom stereocenters. The number of rotatable bonds is 7. The van der Waals surface area contributed by atoms with Crippen molar-refractivity contribution in [2.24, 2.45) is 4.99 Å². The first kappa shape index (κ1) is 21.1. The van der Waals surface area contributed by atoms with E-state index in [1.807, 2.05) is 0 Å². The van der Waals surface area contributed by atoms with E-state index in [0.29, 0.717) is 13.2 Å². The maximum atomic E-state index is 5.15. The average Bonchev–Trinajstić information content (AvgIpc) is 2.76. The summed E-state index contributed by atoms with van der Waals surface area (Å²) in [6, 6.07) is 0.224. The summed E-state index contributed by atoms with van der Waals surface area (Å²) >= 11 is 0. The summed E-state index contributed by atoms with van der Waals surface area (Å²) in [5.41, 5.74) is 0. The lowest BCUT2D eigenvalue weighted by Gasteiger charge is -2.17. The molecular weight excluding hydrogens is 419 g/mol. The molecule has 0 saturated heterocycles. The first-order valence-corrected chi connectivity index (χ1v) is 8.69. The van der Waals surface area contributed by atoms with Gasteiger partial charge in [0.1, 0.15) is 11.6 Å². The molecule has 1 atom stereocenters. The fraction of sp³-hybridized carbons (Fsp3) is 0.812. The second-order valence-electron chi connectivity index (χ2n) is 6.01. The third-order valence-electron chi connectivity index (χ3n) is 3.94. The van der Waals surface area contributed by atoms with Crippen LogP contribution in [0.15, 0.2) is 4.99 Å². The van der Waals surface area contributed by atoms with Gasteiger partial charge in [-0.05, 0) is 26.7 Å². The van der Waals surface area contributed by atoms with Gasteiger partial charge in [-0.1, -0.05) is 6.42 Å². The molecule has 24 heavy (non-hydrogen) atoms. The van der Waals surface area contributed by atoms with Gasteiger partial charge in [0.05, 0.1) is 6.61 Å². The van der Waals surface area contributed by atoms with Crippen molar-refractivity contribution in [3.05, 3.63) is 11.6 Å². The van der Waals surface area contributed by atoms with Crippen LogP contribution in [-0.2, 0) is 24.1 Å². The van der Waals surface area contributed by atoms with Gasteiger partial charge in [0.15, 0.2) is 5.96 Å². The van der Waals surface area contributed by atoms with Gasteiger partial charge in [0.2, 0.25) is 0 Å². The van der Waals surface area contributed by atoms with Gasteiger partial charge in [-0.25, -0.2) is 0 Å². The van der Waals surface area contributed by atoms with Crippen LogP contribution in [0.4, 0.5) is 0 Å². The highest BCUT2D eigenvalue weighted by Crippen LogP contribution is 2.14. The summed E-state index contributed by atoms with van der Waals surface area (Å²) in [5.74, 6) is 3.03. The van der Waals surface area contributed by atoms with E-state index in [1.54, 1.807) is 7.11 Å². The van der Waals surface area contributed by atoms with Crippen molar-refractivity contribution in [3.8, 4) is 0 Å². The van der Waals surface area contributed by atoms with Crippen molar-refractivity contribution >= 4 is 29.9 Å². The van der Waals surface area contributed by atoms with Crippen molar-refractivity contribution in [1.29, 1.82) is 0 Å². The summed E-state index contributed by atoms with van der Waals surface area (Å²) in [6.07, 6.45) is 5.60. The molecule has 0 fully saturated rings. The third-order valence-corrected chi connectivity index (χ3v) is 3.94. The Morgan fingerprint density at radius 1 is 1.33 bits per heavy atom. The first-order valence-electron chi connectivity index (χ1n) is 8.69. The maximum absolute atomic E-state index is 5.15. The van der Waals surface area contributed by atoms with Crippen molar-refractivity contribution in [2.75, 3.05) is 26.8 Å². The predicted molar refractivity (Wildman–Crippen MR) is 107 cm³/mol. The van der Waals surface area contributed by atoms with E-state index in [-0.39, 0.29) is 30.0 Å². The number of aliphatic imine (C=N–C) groups is 1. The minimum Gasteiger partial charge on any atom is -0.383 e. The molecule has 2 heterocycles. The number of hydrogen-bond donors (Lipinski definition) is 2. The van der Waals surface area contributed by atoms with Gasteiger partial charge < -0.3 is 19.9 Å². The summed E-state index contributed by atoms with van der Waals surface area (Å²) in [4.78, 5) is 4.64. The Labute approximate surface area is 162 Å². The highest BCUT2D eigenvalue weighted by Gasteiger charge is 2.14. The highest BCUT2D eigenvalue weighted by atomic mass is 127. The molecule has 0 bridgehead atoms. The van der Waals surface area contributed by atoms with E-state index >= 15 is 0 Å². The van der Waals surface area contributed by atoms with Crippen LogP contribution in [0.5, 0.6) is 0 Å². The fourth-order valence-electron chi connectivity index (χ4n) is 2.84. The normalized spacial score (nSPS) is 15.9. The molecule has 7 nitrogen and oxygen atoms in total. The van der Waals surface area contributed by atoms with Crippen LogP contribution in [0.3, 0.4) is 0 Å². The van der Waals surface area contributed by atoms with Crippen molar-refractivity contribution < 1.29 is 4.74 Å². The minimum absolute atomic E-state index is 0. The van der Waals surface area contributed by atoms with Crippen LogP contribution in [0.25, 0.3) is 0 Å². The van der Waals surface area contributed by atoms with Crippen molar-refractivity contribution in [1.82, 2.24) is 25.4 Å². The molecule has 2 N–H and O–H groups in total. The summed E-state index contributed by atoms with van der Waals surface area (Å²) in [6.45, 7) is 7.39. The van der Waals surface area contributed by atoms with Crippen LogP contribution in [0, 0.1) is 0 Å². The van der Waals surface area contributed by atoms with E-state index in [1.165, 1.54) is 19.3 Å². The SMILES string of the molecule is CCNC(=NCCc1nnc2n1CCCCC2)NC(C)COC.I. The summed E-state index contributed by atoms with van der Waals surface area (Å²) in [7, 11) is 1.71. The van der Waals surface area contributed by atoms with Gasteiger partial charge >= 0.3 is 0 Å². The zero-order valence-electron chi connectivity index (χ0n) is 15.0. The van der Waals surface area contributed by atoms with Crippen LogP contribution in [-0.4, -0.2) is 53.6 Å². The number of halogens is 1. The van der Waals surface area contributed by atoms with Gasteiger partial charge in [-0.15, -0.1) is 34.2 Å². The molecule has 0 amide bonds. The monoisotopic (exact) mass is 450 g/mol. The molecule has 8 heteroatoms. The Hall–Kier alpha value is -0.900. The molecule has 0 aliphatic carbocycles. The van der Waals surface area contributed by atoms with E-state index in [9.17, 15) is 0 Å². The summed E-state index contributed by atoms with van der Waals surface area (Å²) < 4.78 is 7.44. The quantitative estimate of drug-likeness (QED) is 0.376. The number of hydrogen-bond acceptors (Lipinski definition) is 4. The van der Waals surface area contributed by atoms with Crippen molar-refractivity contribution in [3.63, 3.8) is 0 Å². The number of guanidine groups is 1. The van der Waals surface area contributed by atoms with E-state index in [2.05, 4.69) is 44.2 Å². The second-order valence-corrected chi connectivity index (χ2v) is 6.01. The number of ether oxygens (including phenoxy) is 1. The van der Waals surface area contributed by atoms with Gasteiger partial charge in [0, 0.05) is 45.6 Å². The van der Waals surface area contributed by atoms with E-state index < -0.39 is 0 Å². The molecule has 2 rings (SSSR count). The average molecular weight is 450 g/mol. The van der Waals surface area contributed by atoms with Gasteiger partial charge in [-0.3, -0.25) is 4.99 Å². The Kier molecular flexibility index (Phi) is 10.2. The fourth-order valence-corrected chi connectivity index (χ4v) is 2.84. The van der Waals surface area contributed by atoms with Crippen LogP contribution in [0.1, 0.15) is 44.8 Å². The maximum Gasteiger partial charge on any atom is 0.191 e. The Morgan fingerprint density at radius 3 is 2.92 bits per heavy atom. The van der Waals surface area contributed by atoms with E-state index in [4.69, 9.17) is 4.74 Å². The first-order chi connectivity index (χ1) is 11.2. The summed E-state index contributed by atoms with van der Waals surface area (Å²) in [5, 5.41) is 15.3. The lowest BCUT2D eigenvalue weighted by Crippen LogP contribution is -2.44. The van der Waals surface area contributed by atoms with E-state index in [0.717, 1.165) is 43.5 Å². The van der Waals surface area contributed by atoms with Crippen LogP contribution in [0.2, 0.25) is 0 Å². The molecule has 0 saturated carbocycles. The highest BCUT2D eigenvalue weighted by molar-refractivity contribution is 14.0. The lowest BCUT2D eigenvalue weighted by atomic mass is 10.2. The molecule has 0 radical (unpaired) electrons. The smallest absolute Gasteiger partial charge is 0.191 e. The Bertz CT molecular complexity index is 505. The van der Waals surface area contributed by atoms with Gasteiger partial charge in [0.25, 0.3) is 0 Å². The number of methoxy groups -OCH3 is 1. The Balaban J connectivity index is 0.00000288. The molecule has 0 spiro atoms. The Morgan fingerprint density at radius 2 is 2.17 bits per heavy atom. The van der Waals surface area contributed by atoms with Gasteiger partial charge in [-0.2, -0.15) is 0 Å². The molecule has 1 aromatic rings. The number of aryl methyl sites for hydroxylation is 1. The number of fused-ring (bicyclic) bond motifs is 1. The van der Waals surface area contributed by atoms with Crippen molar-refractivity contribution in [2.45, 2.75) is 58.5 Å². The molecule has 1 aliphatic heterocycles. The minimum atomic E-state index is 0. The second kappa shape index (κ2) is 11.6. The van der Waals surface area contributed by atoms with Crippen LogP contribution < -0.4 is 10.6 Å². The molecule has 0 aromatic carbocycles. The topological polar surface area (TPSA) is 76.4 Å².